The average molecular weight is 545 g/mol. The minimum absolute atomic E-state index is 0.0490. The molecule has 8 heteroatoms. The van der Waals surface area contributed by atoms with Crippen LogP contribution in [0, 0.1) is 52.8 Å². The van der Waals surface area contributed by atoms with E-state index in [0.29, 0.717) is 32.2 Å². The molecule has 8 nitrogen and oxygen atoms in total. The number of nitrogens with two attached hydrogens (primary N) is 2. The van der Waals surface area contributed by atoms with Gasteiger partial charge in [-0.2, -0.15) is 0 Å². The van der Waals surface area contributed by atoms with Crippen molar-refractivity contribution in [1.82, 2.24) is 0 Å². The van der Waals surface area contributed by atoms with Crippen LogP contribution in [0.1, 0.15) is 73.1 Å². The van der Waals surface area contributed by atoms with Crippen LogP contribution >= 0.6 is 0 Å². The number of ketones is 1. The molecule has 10 atom stereocenters. The summed E-state index contributed by atoms with van der Waals surface area (Å²) in [4.78, 5) is 38.9. The predicted molar refractivity (Wildman–Crippen MR) is 146 cm³/mol. The van der Waals surface area contributed by atoms with E-state index in [4.69, 9.17) is 25.7 Å². The Morgan fingerprint density at radius 3 is 2.56 bits per heavy atom. The maximum atomic E-state index is 13.9. The van der Waals surface area contributed by atoms with Gasteiger partial charge in [-0.25, -0.2) is 0 Å². The average Bonchev–Trinajstić information content (AvgIpc) is 2.81. The van der Waals surface area contributed by atoms with Crippen LogP contribution in [0.2, 0.25) is 0 Å². The summed E-state index contributed by atoms with van der Waals surface area (Å²) in [5.74, 6) is -0.0806. The SMILES string of the molecule is CC(=O)O[C@@H]1C[C@]23COCC(C2CCC2C3=CC(=O)C3C2CCC(CC(C)C)C3C(N)=O)[C@H]1OCC(C)(C)N. The molecule has 1 saturated heterocycles. The Morgan fingerprint density at radius 1 is 1.18 bits per heavy atom. The van der Waals surface area contributed by atoms with E-state index in [1.54, 1.807) is 0 Å². The van der Waals surface area contributed by atoms with E-state index >= 15 is 0 Å². The van der Waals surface area contributed by atoms with Crippen LogP contribution in [0.15, 0.2) is 11.6 Å². The van der Waals surface area contributed by atoms with Crippen molar-refractivity contribution >= 4 is 17.7 Å². The fourth-order valence-electron chi connectivity index (χ4n) is 9.34. The summed E-state index contributed by atoms with van der Waals surface area (Å²) in [5.41, 5.74) is 12.5. The fourth-order valence-corrected chi connectivity index (χ4v) is 9.34. The van der Waals surface area contributed by atoms with Crippen molar-refractivity contribution in [1.29, 1.82) is 0 Å². The number of esters is 1. The lowest BCUT2D eigenvalue weighted by Crippen LogP contribution is -2.64. The quantitative estimate of drug-likeness (QED) is 0.470. The number of allylic oxidation sites excluding steroid dienone is 1. The summed E-state index contributed by atoms with van der Waals surface area (Å²) in [5, 5.41) is 0. The van der Waals surface area contributed by atoms with Crippen molar-refractivity contribution in [2.24, 2.45) is 64.2 Å². The molecule has 0 aromatic rings. The Balaban J connectivity index is 1.50. The van der Waals surface area contributed by atoms with Crippen LogP contribution in [0.3, 0.4) is 0 Å². The molecular weight excluding hydrogens is 496 g/mol. The lowest BCUT2D eigenvalue weighted by atomic mass is 9.45. The highest BCUT2D eigenvalue weighted by atomic mass is 16.6. The van der Waals surface area contributed by atoms with Gasteiger partial charge in [0.1, 0.15) is 6.10 Å². The van der Waals surface area contributed by atoms with Crippen molar-refractivity contribution in [3.63, 3.8) is 0 Å². The van der Waals surface area contributed by atoms with Crippen molar-refractivity contribution in [2.45, 2.75) is 90.9 Å². The van der Waals surface area contributed by atoms with Gasteiger partial charge in [-0.1, -0.05) is 19.4 Å². The monoisotopic (exact) mass is 544 g/mol. The van der Waals surface area contributed by atoms with Gasteiger partial charge in [-0.15, -0.1) is 0 Å². The highest BCUT2D eigenvalue weighted by molar-refractivity contribution is 5.97. The summed E-state index contributed by atoms with van der Waals surface area (Å²) in [6.45, 7) is 11.0. The Morgan fingerprint density at radius 2 is 1.92 bits per heavy atom. The fraction of sp³-hybridized carbons (Fsp3) is 0.839. The van der Waals surface area contributed by atoms with Gasteiger partial charge >= 0.3 is 5.97 Å². The molecule has 1 heterocycles. The Bertz CT molecular complexity index is 1020. The molecule has 5 rings (SSSR count). The third kappa shape index (κ3) is 5.21. The van der Waals surface area contributed by atoms with E-state index in [0.717, 1.165) is 37.7 Å². The van der Waals surface area contributed by atoms with E-state index in [-0.39, 0.29) is 64.7 Å². The first-order chi connectivity index (χ1) is 18.3. The third-order valence-electron chi connectivity index (χ3n) is 10.5. The molecule has 4 aliphatic carbocycles. The second kappa shape index (κ2) is 10.6. The maximum absolute atomic E-state index is 13.9. The van der Waals surface area contributed by atoms with Gasteiger partial charge in [-0.3, -0.25) is 14.4 Å². The number of carbonyl (C=O) groups excluding carboxylic acids is 3. The molecule has 1 amide bonds. The van der Waals surface area contributed by atoms with Gasteiger partial charge in [0, 0.05) is 29.7 Å². The zero-order chi connectivity index (χ0) is 28.3. The number of fused-ring (bicyclic) bond motifs is 3. The molecule has 39 heavy (non-hydrogen) atoms. The second-order valence-corrected chi connectivity index (χ2v) is 14.3. The Kier molecular flexibility index (Phi) is 7.79. The zero-order valence-corrected chi connectivity index (χ0v) is 24.3. The van der Waals surface area contributed by atoms with Gasteiger partial charge in [-0.05, 0) is 88.0 Å². The molecule has 1 aliphatic heterocycles. The van der Waals surface area contributed by atoms with Crippen LogP contribution in [0.4, 0.5) is 0 Å². The highest BCUT2D eigenvalue weighted by Crippen LogP contribution is 2.64. The molecule has 7 unspecified atom stereocenters. The van der Waals surface area contributed by atoms with Crippen molar-refractivity contribution in [2.75, 3.05) is 19.8 Å². The zero-order valence-electron chi connectivity index (χ0n) is 24.3. The largest absolute Gasteiger partial charge is 0.460 e. The number of amides is 1. The second-order valence-electron chi connectivity index (χ2n) is 14.3. The number of rotatable bonds is 7. The summed E-state index contributed by atoms with van der Waals surface area (Å²) in [6, 6.07) is 0. The number of hydrogen-bond donors (Lipinski definition) is 2. The van der Waals surface area contributed by atoms with Gasteiger partial charge in [0.2, 0.25) is 5.91 Å². The topological polar surface area (TPSA) is 131 Å². The van der Waals surface area contributed by atoms with Crippen LogP contribution in [-0.2, 0) is 28.6 Å². The molecule has 0 spiro atoms. The van der Waals surface area contributed by atoms with Crippen molar-refractivity contribution in [3.8, 4) is 0 Å². The van der Waals surface area contributed by atoms with Gasteiger partial charge in [0.25, 0.3) is 0 Å². The van der Waals surface area contributed by atoms with Crippen molar-refractivity contribution < 1.29 is 28.6 Å². The summed E-state index contributed by atoms with van der Waals surface area (Å²) in [6.07, 6.45) is 6.48. The van der Waals surface area contributed by atoms with E-state index < -0.39 is 17.6 Å². The van der Waals surface area contributed by atoms with E-state index in [9.17, 15) is 14.4 Å². The third-order valence-corrected chi connectivity index (χ3v) is 10.5. The number of carbonyl (C=O) groups is 3. The summed E-state index contributed by atoms with van der Waals surface area (Å²) in [7, 11) is 0. The molecule has 2 bridgehead atoms. The van der Waals surface area contributed by atoms with Crippen LogP contribution < -0.4 is 11.5 Å². The lowest BCUT2D eigenvalue weighted by Gasteiger charge is -2.63. The molecule has 5 aliphatic rings. The minimum atomic E-state index is -0.513. The Hall–Kier alpha value is -1.77. The number of hydrogen-bond acceptors (Lipinski definition) is 7. The molecule has 0 aromatic heterocycles. The standard InChI is InChI=1S/C31H48N2O6/c1-16(2)10-18-6-7-20-19-8-9-22-21-13-37-15-31(22,23(19)11-24(35)27(20)26(18)29(32)36)12-25(39-17(3)34)28(21)38-14-30(4,5)33/h11,16,18-22,25-28H,6-10,12-15,33H2,1-5H3,(H2,32,36)/t18?,19?,20?,21?,22?,25-,26?,27?,28-,31+/m1/s1. The van der Waals surface area contributed by atoms with Crippen LogP contribution in [0.5, 0.6) is 0 Å². The predicted octanol–water partition coefficient (Wildman–Crippen LogP) is 3.40. The molecule has 4 N–H and O–H groups in total. The molecule has 0 aromatic carbocycles. The first-order valence-corrected chi connectivity index (χ1v) is 15.0. The van der Waals surface area contributed by atoms with Gasteiger partial charge in [0.05, 0.1) is 31.8 Å². The van der Waals surface area contributed by atoms with Gasteiger partial charge < -0.3 is 25.7 Å². The highest BCUT2D eigenvalue weighted by Gasteiger charge is 2.64. The lowest BCUT2D eigenvalue weighted by molar-refractivity contribution is -0.226. The maximum Gasteiger partial charge on any atom is 0.302 e. The minimum Gasteiger partial charge on any atom is -0.460 e. The smallest absolute Gasteiger partial charge is 0.302 e. The molecular formula is C31H48N2O6. The molecule has 0 radical (unpaired) electrons. The van der Waals surface area contributed by atoms with Crippen molar-refractivity contribution in [3.05, 3.63) is 11.6 Å². The van der Waals surface area contributed by atoms with E-state index in [1.165, 1.54) is 6.92 Å². The molecule has 218 valence electrons. The van der Waals surface area contributed by atoms with Gasteiger partial charge in [0.15, 0.2) is 5.78 Å². The summed E-state index contributed by atoms with van der Waals surface area (Å²) >= 11 is 0. The summed E-state index contributed by atoms with van der Waals surface area (Å²) < 4.78 is 18.6. The number of ether oxygens (including phenoxy) is 3. The normalized spacial score (nSPS) is 41.7. The van der Waals surface area contributed by atoms with E-state index in [2.05, 4.69) is 13.8 Å². The van der Waals surface area contributed by atoms with Crippen LogP contribution in [0.25, 0.3) is 0 Å². The van der Waals surface area contributed by atoms with Crippen LogP contribution in [-0.4, -0.2) is 55.2 Å². The van der Waals surface area contributed by atoms with E-state index in [1.807, 2.05) is 19.9 Å². The first-order valence-electron chi connectivity index (χ1n) is 15.0. The Labute approximate surface area is 232 Å². The number of primary amides is 1. The molecule has 4 fully saturated rings. The first kappa shape index (κ1) is 28.7. The molecule has 3 saturated carbocycles.